The van der Waals surface area contributed by atoms with Crippen LogP contribution in [0.15, 0.2) is 0 Å². The van der Waals surface area contributed by atoms with E-state index in [1.807, 2.05) is 0 Å². The molecule has 4 nitrogen and oxygen atoms in total. The molecule has 1 amide bonds. The Morgan fingerprint density at radius 3 is 2.80 bits per heavy atom. The zero-order valence-corrected chi connectivity index (χ0v) is 6.31. The van der Waals surface area contributed by atoms with Crippen molar-refractivity contribution in [2.75, 3.05) is 20.3 Å². The first kappa shape index (κ1) is 9.39. The topological polar surface area (TPSA) is 62.1 Å². The molecule has 0 aromatic rings. The van der Waals surface area contributed by atoms with Gasteiger partial charge in [-0.3, -0.25) is 10.5 Å². The molecule has 0 spiro atoms. The second-order valence-electron chi connectivity index (χ2n) is 2.11. The molecule has 0 aromatic carbocycles. The lowest BCUT2D eigenvalue weighted by molar-refractivity contribution is -0.125. The fraction of sp³-hybridized carbons (Fsp3) is 0.833. The first-order valence-corrected chi connectivity index (χ1v) is 3.13. The summed E-state index contributed by atoms with van der Waals surface area (Å²) in [6, 6.07) is -0.0809. The Labute approximate surface area is 60.7 Å². The summed E-state index contributed by atoms with van der Waals surface area (Å²) >= 11 is 0. The van der Waals surface area contributed by atoms with E-state index >= 15 is 0 Å². The second-order valence-corrected chi connectivity index (χ2v) is 2.11. The van der Waals surface area contributed by atoms with Crippen LogP contribution in [0.25, 0.3) is 0 Å². The molecular weight excluding hydrogens is 132 g/mol. The molecule has 10 heavy (non-hydrogen) atoms. The molecule has 59 valence electrons. The van der Waals surface area contributed by atoms with E-state index in [2.05, 4.69) is 10.1 Å². The number of hydrogen-bond acceptors (Lipinski definition) is 2. The van der Waals surface area contributed by atoms with Crippen LogP contribution in [0.5, 0.6) is 0 Å². The van der Waals surface area contributed by atoms with Crippen molar-refractivity contribution >= 4 is 5.91 Å². The Hall–Kier alpha value is -0.610. The molecule has 0 saturated heterocycles. The van der Waals surface area contributed by atoms with E-state index < -0.39 is 0 Å². The van der Waals surface area contributed by atoms with Gasteiger partial charge in [0.2, 0.25) is 5.91 Å². The summed E-state index contributed by atoms with van der Waals surface area (Å²) < 4.78 is 4.58. The first-order valence-electron chi connectivity index (χ1n) is 3.13. The molecule has 0 aromatic heterocycles. The molecule has 1 atom stereocenters. The molecule has 4 heteroatoms. The van der Waals surface area contributed by atoms with E-state index in [1.165, 1.54) is 7.11 Å². The third kappa shape index (κ3) is 4.29. The van der Waals surface area contributed by atoms with Crippen LogP contribution in [-0.2, 0) is 9.53 Å². The van der Waals surface area contributed by atoms with Crippen molar-refractivity contribution < 1.29 is 9.53 Å². The van der Waals surface area contributed by atoms with Gasteiger partial charge in [0.25, 0.3) is 0 Å². The van der Waals surface area contributed by atoms with Crippen molar-refractivity contribution in [3.63, 3.8) is 0 Å². The Morgan fingerprint density at radius 1 is 1.80 bits per heavy atom. The number of rotatable bonds is 4. The molecule has 0 aliphatic heterocycles. The van der Waals surface area contributed by atoms with Crippen molar-refractivity contribution in [1.29, 1.82) is 0 Å². The molecule has 0 saturated carbocycles. The average molecular weight is 145 g/mol. The van der Waals surface area contributed by atoms with Gasteiger partial charge in [0, 0.05) is 19.7 Å². The minimum absolute atomic E-state index is 0.0737. The highest BCUT2D eigenvalue weighted by Crippen LogP contribution is 1.77. The molecule has 0 aliphatic carbocycles. The summed E-state index contributed by atoms with van der Waals surface area (Å²) in [7, 11) is 1.46. The van der Waals surface area contributed by atoms with Gasteiger partial charge in [-0.05, 0) is 6.92 Å². The van der Waals surface area contributed by atoms with Crippen molar-refractivity contribution in [3.05, 3.63) is 0 Å². The second kappa shape index (κ2) is 5.20. The Balaban J connectivity index is 3.37. The van der Waals surface area contributed by atoms with Gasteiger partial charge in [-0.2, -0.15) is 0 Å². The van der Waals surface area contributed by atoms with Gasteiger partial charge in [-0.1, -0.05) is 0 Å². The largest absolute Gasteiger partial charge is 0.375 e. The smallest absolute Gasteiger partial charge is 0.246 e. The van der Waals surface area contributed by atoms with Gasteiger partial charge >= 0.3 is 0 Å². The number of carbonyl (C=O) groups is 1. The monoisotopic (exact) mass is 145 g/mol. The number of nitrogens with one attached hydrogen (secondary N) is 2. The third-order valence-corrected chi connectivity index (χ3v) is 0.989. The van der Waals surface area contributed by atoms with Crippen LogP contribution in [0.1, 0.15) is 6.92 Å². The van der Waals surface area contributed by atoms with E-state index in [9.17, 15) is 4.79 Å². The predicted octanol–water partition coefficient (Wildman–Crippen LogP) is -0.580. The van der Waals surface area contributed by atoms with Gasteiger partial charge < -0.3 is 10.1 Å². The van der Waals surface area contributed by atoms with Crippen LogP contribution in [-0.4, -0.2) is 32.2 Å². The van der Waals surface area contributed by atoms with Crippen LogP contribution >= 0.6 is 0 Å². The highest BCUT2D eigenvalue weighted by Gasteiger charge is 2.03. The van der Waals surface area contributed by atoms with Crippen molar-refractivity contribution in [2.45, 2.75) is 13.0 Å². The molecule has 0 heterocycles. The normalized spacial score (nSPS) is 12.7. The Kier molecular flexibility index (Phi) is 4.88. The van der Waals surface area contributed by atoms with Gasteiger partial charge in [-0.25, -0.2) is 0 Å². The maximum absolute atomic E-state index is 10.7. The fourth-order valence-corrected chi connectivity index (χ4v) is 0.499. The molecule has 1 unspecified atom stereocenters. The minimum atomic E-state index is -0.165. The van der Waals surface area contributed by atoms with Gasteiger partial charge in [-0.15, -0.1) is 0 Å². The van der Waals surface area contributed by atoms with Crippen molar-refractivity contribution in [1.82, 2.24) is 11.1 Å². The lowest BCUT2D eigenvalue weighted by Gasteiger charge is -2.09. The standard InChI is InChI=1S/C6H13N2O2/c1-5(3-7)8-6(9)4-10-2/h5,7H,3-4H2,1-2H3,(H,8,9). The van der Waals surface area contributed by atoms with Crippen molar-refractivity contribution in [3.8, 4) is 0 Å². The summed E-state index contributed by atoms with van der Waals surface area (Å²) in [6.07, 6.45) is 0. The maximum Gasteiger partial charge on any atom is 0.246 e. The molecule has 0 fully saturated rings. The molecule has 1 radical (unpaired) electrons. The predicted molar refractivity (Wildman–Crippen MR) is 37.4 cm³/mol. The summed E-state index contributed by atoms with van der Waals surface area (Å²) in [6.45, 7) is 2.06. The minimum Gasteiger partial charge on any atom is -0.375 e. The highest BCUT2D eigenvalue weighted by atomic mass is 16.5. The lowest BCUT2D eigenvalue weighted by Crippen LogP contribution is -2.37. The van der Waals surface area contributed by atoms with Crippen LogP contribution in [0.3, 0.4) is 0 Å². The van der Waals surface area contributed by atoms with Crippen LogP contribution in [0.4, 0.5) is 0 Å². The number of ether oxygens (including phenoxy) is 1. The number of hydrogen-bond donors (Lipinski definition) is 1. The summed E-state index contributed by atoms with van der Waals surface area (Å²) in [5.41, 5.74) is 6.88. The van der Waals surface area contributed by atoms with E-state index in [0.717, 1.165) is 0 Å². The van der Waals surface area contributed by atoms with E-state index in [0.29, 0.717) is 0 Å². The fourth-order valence-electron chi connectivity index (χ4n) is 0.499. The molecular formula is C6H13N2O2. The SMILES string of the molecule is COCC(=O)NC(C)C[NH]. The van der Waals surface area contributed by atoms with Crippen LogP contribution < -0.4 is 11.1 Å². The number of methoxy groups -OCH3 is 1. The molecule has 0 aliphatic rings. The van der Waals surface area contributed by atoms with E-state index in [1.54, 1.807) is 6.92 Å². The molecule has 0 rings (SSSR count). The quantitative estimate of drug-likeness (QED) is 0.575. The average Bonchev–Trinajstić information content (AvgIpc) is 1.88. The summed E-state index contributed by atoms with van der Waals surface area (Å²) in [5, 5.41) is 2.58. The summed E-state index contributed by atoms with van der Waals surface area (Å²) in [4.78, 5) is 10.7. The number of carbonyl (C=O) groups excluding carboxylic acids is 1. The summed E-state index contributed by atoms with van der Waals surface area (Å²) in [5.74, 6) is -0.165. The zero-order chi connectivity index (χ0) is 7.98. The van der Waals surface area contributed by atoms with Gasteiger partial charge in [0.05, 0.1) is 0 Å². The lowest BCUT2D eigenvalue weighted by atomic mass is 10.3. The van der Waals surface area contributed by atoms with E-state index in [4.69, 9.17) is 5.73 Å². The molecule has 2 N–H and O–H groups in total. The first-order chi connectivity index (χ1) is 4.70. The van der Waals surface area contributed by atoms with E-state index in [-0.39, 0.29) is 25.1 Å². The van der Waals surface area contributed by atoms with Gasteiger partial charge in [0.1, 0.15) is 6.61 Å². The molecule has 0 bridgehead atoms. The Bertz CT molecular complexity index is 106. The Morgan fingerprint density at radius 2 is 2.40 bits per heavy atom. The maximum atomic E-state index is 10.7. The number of amides is 1. The highest BCUT2D eigenvalue weighted by molar-refractivity contribution is 5.77. The van der Waals surface area contributed by atoms with Gasteiger partial charge in [0.15, 0.2) is 0 Å². The van der Waals surface area contributed by atoms with Crippen LogP contribution in [0, 0.1) is 0 Å². The van der Waals surface area contributed by atoms with Crippen molar-refractivity contribution in [2.24, 2.45) is 0 Å². The third-order valence-electron chi connectivity index (χ3n) is 0.989. The van der Waals surface area contributed by atoms with Crippen LogP contribution in [0.2, 0.25) is 0 Å². The zero-order valence-electron chi connectivity index (χ0n) is 6.31.